The zero-order chi connectivity index (χ0) is 23.7. The predicted molar refractivity (Wildman–Crippen MR) is 121 cm³/mol. The first-order valence-corrected chi connectivity index (χ1v) is 10.8. The molecule has 0 unspecified atom stereocenters. The average Bonchev–Trinajstić information content (AvgIpc) is 3.24. The third kappa shape index (κ3) is 4.49. The number of likely N-dealkylation sites (N-methyl/N-ethyl adjacent to an activating group) is 1. The average molecular weight is 452 g/mol. The van der Waals surface area contributed by atoms with E-state index in [4.69, 9.17) is 0 Å². The molecule has 0 saturated carbocycles. The van der Waals surface area contributed by atoms with E-state index in [1.807, 2.05) is 6.92 Å². The molecule has 1 aliphatic rings. The van der Waals surface area contributed by atoms with E-state index in [0.717, 1.165) is 5.56 Å². The Morgan fingerprint density at radius 1 is 1.09 bits per heavy atom. The monoisotopic (exact) mass is 451 g/mol. The molecule has 0 bridgehead atoms. The fraction of sp³-hybridized carbons (Fsp3) is 0.333. The van der Waals surface area contributed by atoms with Crippen LogP contribution >= 0.6 is 0 Å². The number of carbonyl (C=O) groups excluding carboxylic acids is 3. The smallest absolute Gasteiger partial charge is 0.292 e. The van der Waals surface area contributed by atoms with Gasteiger partial charge in [0, 0.05) is 45.0 Å². The number of hydrogen-bond acceptors (Lipinski definition) is 5. The van der Waals surface area contributed by atoms with Crippen LogP contribution in [0.25, 0.3) is 11.0 Å². The maximum absolute atomic E-state index is 13.3. The molecule has 0 spiro atoms. The minimum Gasteiger partial charge on any atom is -0.359 e. The number of aromatic nitrogens is 2. The van der Waals surface area contributed by atoms with E-state index in [1.165, 1.54) is 25.4 Å². The van der Waals surface area contributed by atoms with Crippen LogP contribution in [-0.4, -0.2) is 69.6 Å². The molecule has 1 saturated heterocycles. The van der Waals surface area contributed by atoms with Crippen LogP contribution in [0.1, 0.15) is 40.3 Å². The van der Waals surface area contributed by atoms with Crippen LogP contribution in [0.2, 0.25) is 0 Å². The van der Waals surface area contributed by atoms with E-state index in [9.17, 15) is 18.8 Å². The van der Waals surface area contributed by atoms with Crippen molar-refractivity contribution < 1.29 is 18.8 Å². The van der Waals surface area contributed by atoms with Crippen molar-refractivity contribution in [1.29, 1.82) is 0 Å². The lowest BCUT2D eigenvalue weighted by Gasteiger charge is -2.44. The fourth-order valence-corrected chi connectivity index (χ4v) is 4.20. The number of ketones is 1. The van der Waals surface area contributed by atoms with Gasteiger partial charge in [-0.05, 0) is 43.7 Å². The molecule has 4 rings (SSSR count). The highest BCUT2D eigenvalue weighted by Gasteiger charge is 2.33. The predicted octanol–water partition coefficient (Wildman–Crippen LogP) is 2.37. The number of nitrogens with one attached hydrogen (secondary N) is 2. The van der Waals surface area contributed by atoms with E-state index in [0.29, 0.717) is 30.7 Å². The van der Waals surface area contributed by atoms with Gasteiger partial charge in [-0.25, -0.2) is 9.37 Å². The highest BCUT2D eigenvalue weighted by Crippen LogP contribution is 2.22. The molecule has 2 amide bonds. The number of pyridine rings is 1. The van der Waals surface area contributed by atoms with Gasteiger partial charge in [-0.15, -0.1) is 0 Å². The quantitative estimate of drug-likeness (QED) is 0.459. The first kappa shape index (κ1) is 22.6. The maximum atomic E-state index is 13.3. The third-order valence-electron chi connectivity index (χ3n) is 6.09. The van der Waals surface area contributed by atoms with Gasteiger partial charge in [-0.3, -0.25) is 19.3 Å². The van der Waals surface area contributed by atoms with E-state index >= 15 is 0 Å². The number of Topliss-reactive ketones (excluding diaryl/α,β-unsaturated/α-hetero) is 1. The van der Waals surface area contributed by atoms with Crippen LogP contribution in [-0.2, 0) is 11.3 Å². The van der Waals surface area contributed by atoms with Gasteiger partial charge in [0.25, 0.3) is 17.6 Å². The number of aromatic amines is 1. The van der Waals surface area contributed by atoms with Crippen molar-refractivity contribution in [2.24, 2.45) is 0 Å². The molecule has 9 heteroatoms. The zero-order valence-electron chi connectivity index (χ0n) is 18.8. The second-order valence-electron chi connectivity index (χ2n) is 8.41. The van der Waals surface area contributed by atoms with Crippen LogP contribution < -0.4 is 5.32 Å². The lowest BCUT2D eigenvalue weighted by Crippen LogP contribution is -2.57. The molecule has 172 valence electrons. The molecule has 1 aromatic carbocycles. The number of halogens is 1. The van der Waals surface area contributed by atoms with Crippen LogP contribution in [0.5, 0.6) is 0 Å². The number of fused-ring (bicyclic) bond motifs is 1. The van der Waals surface area contributed by atoms with Gasteiger partial charge in [0.1, 0.15) is 17.0 Å². The second kappa shape index (κ2) is 9.11. The summed E-state index contributed by atoms with van der Waals surface area (Å²) in [5, 5.41) is 2.31. The summed E-state index contributed by atoms with van der Waals surface area (Å²) < 4.78 is 13.2. The van der Waals surface area contributed by atoms with Crippen LogP contribution in [0.3, 0.4) is 0 Å². The fourth-order valence-electron chi connectivity index (χ4n) is 4.20. The van der Waals surface area contributed by atoms with Crippen LogP contribution in [0.4, 0.5) is 4.39 Å². The Bertz CT molecular complexity index is 1210. The summed E-state index contributed by atoms with van der Waals surface area (Å²) in [6, 6.07) is 9.80. The van der Waals surface area contributed by atoms with Crippen molar-refractivity contribution in [2.75, 3.05) is 20.1 Å². The molecule has 0 aliphatic carbocycles. The molecule has 2 atom stereocenters. The Morgan fingerprint density at radius 2 is 1.82 bits per heavy atom. The molecule has 3 aromatic rings. The van der Waals surface area contributed by atoms with Crippen molar-refractivity contribution in [1.82, 2.24) is 25.1 Å². The molecule has 2 aromatic heterocycles. The summed E-state index contributed by atoms with van der Waals surface area (Å²) in [7, 11) is 1.38. The minimum absolute atomic E-state index is 0.0650. The van der Waals surface area contributed by atoms with Crippen molar-refractivity contribution >= 4 is 28.6 Å². The minimum atomic E-state index is -0.742. The zero-order valence-corrected chi connectivity index (χ0v) is 18.8. The number of rotatable bonds is 5. The molecule has 1 aliphatic heterocycles. The number of piperazine rings is 1. The maximum Gasteiger partial charge on any atom is 0.292 e. The standard InChI is InChI=1S/C24H26FN5O3/c1-14-12-30(15(2)11-29(14)13-16-4-6-17(25)7-5-16)24(33)20-9-8-19-21(28-20)18(10-27-19)22(31)23(32)26-3/h4-10,14-15,27H,11-13H2,1-3H3,(H,26,32)/t14-,15+/m0/s1. The van der Waals surface area contributed by atoms with Gasteiger partial charge in [0.2, 0.25) is 0 Å². The Morgan fingerprint density at radius 3 is 2.52 bits per heavy atom. The Labute approximate surface area is 190 Å². The Hall–Kier alpha value is -3.59. The summed E-state index contributed by atoms with van der Waals surface area (Å²) in [5.74, 6) is -1.94. The summed E-state index contributed by atoms with van der Waals surface area (Å²) in [6.07, 6.45) is 1.43. The normalized spacial score (nSPS) is 19.0. The van der Waals surface area contributed by atoms with Gasteiger partial charge in [-0.1, -0.05) is 12.1 Å². The summed E-state index contributed by atoms with van der Waals surface area (Å²) in [4.78, 5) is 48.8. The molecule has 8 nitrogen and oxygen atoms in total. The molecule has 1 fully saturated rings. The SMILES string of the molecule is CNC(=O)C(=O)c1c[nH]c2ccc(C(=O)N3C[C@H](C)N(Cc4ccc(F)cc4)C[C@H]3C)nc12. The number of benzene rings is 1. The van der Waals surface area contributed by atoms with E-state index in [-0.39, 0.29) is 35.1 Å². The molecular formula is C24H26FN5O3. The van der Waals surface area contributed by atoms with Gasteiger partial charge in [-0.2, -0.15) is 0 Å². The van der Waals surface area contributed by atoms with Crippen molar-refractivity contribution in [2.45, 2.75) is 32.5 Å². The van der Waals surface area contributed by atoms with Gasteiger partial charge >= 0.3 is 0 Å². The first-order valence-electron chi connectivity index (χ1n) is 10.8. The lowest BCUT2D eigenvalue weighted by atomic mass is 10.1. The summed E-state index contributed by atoms with van der Waals surface area (Å²) >= 11 is 0. The topological polar surface area (TPSA) is 98.4 Å². The lowest BCUT2D eigenvalue weighted by molar-refractivity contribution is -0.116. The largest absolute Gasteiger partial charge is 0.359 e. The van der Waals surface area contributed by atoms with Gasteiger partial charge in [0.05, 0.1) is 11.1 Å². The number of nitrogens with zero attached hydrogens (tertiary/aromatic N) is 3. The third-order valence-corrected chi connectivity index (χ3v) is 6.09. The number of H-pyrrole nitrogens is 1. The highest BCUT2D eigenvalue weighted by molar-refractivity contribution is 6.44. The van der Waals surface area contributed by atoms with Crippen LogP contribution in [0, 0.1) is 5.82 Å². The van der Waals surface area contributed by atoms with Gasteiger partial charge in [0.15, 0.2) is 0 Å². The Balaban J connectivity index is 1.52. The first-order chi connectivity index (χ1) is 15.8. The van der Waals surface area contributed by atoms with Gasteiger partial charge < -0.3 is 15.2 Å². The Kier molecular flexibility index (Phi) is 6.24. The van der Waals surface area contributed by atoms with Crippen molar-refractivity contribution in [3.63, 3.8) is 0 Å². The molecular weight excluding hydrogens is 425 g/mol. The molecule has 0 radical (unpaired) electrons. The van der Waals surface area contributed by atoms with Crippen molar-refractivity contribution in [3.05, 3.63) is 65.2 Å². The molecule has 3 heterocycles. The second-order valence-corrected chi connectivity index (χ2v) is 8.41. The molecule has 33 heavy (non-hydrogen) atoms. The summed E-state index contributed by atoms with van der Waals surface area (Å²) in [5.41, 5.74) is 2.24. The number of amides is 2. The van der Waals surface area contributed by atoms with E-state index < -0.39 is 11.7 Å². The summed E-state index contributed by atoms with van der Waals surface area (Å²) in [6.45, 7) is 5.89. The number of carbonyl (C=O) groups is 3. The molecule has 2 N–H and O–H groups in total. The highest BCUT2D eigenvalue weighted by atomic mass is 19.1. The van der Waals surface area contributed by atoms with E-state index in [2.05, 4.69) is 27.1 Å². The van der Waals surface area contributed by atoms with Crippen LogP contribution in [0.15, 0.2) is 42.6 Å². The number of hydrogen-bond donors (Lipinski definition) is 2. The van der Waals surface area contributed by atoms with Crippen molar-refractivity contribution in [3.8, 4) is 0 Å². The van der Waals surface area contributed by atoms with E-state index in [1.54, 1.807) is 29.2 Å².